The van der Waals surface area contributed by atoms with Gasteiger partial charge in [-0.3, -0.25) is 4.79 Å². The van der Waals surface area contributed by atoms with Crippen LogP contribution < -0.4 is 4.74 Å². The Balaban J connectivity index is 1.92. The van der Waals surface area contributed by atoms with Crippen LogP contribution in [-0.4, -0.2) is 43.2 Å². The van der Waals surface area contributed by atoms with E-state index in [2.05, 4.69) is 26.0 Å². The van der Waals surface area contributed by atoms with Gasteiger partial charge < -0.3 is 14.4 Å². The summed E-state index contributed by atoms with van der Waals surface area (Å²) in [5, 5.41) is 0. The lowest BCUT2D eigenvalue weighted by molar-refractivity contribution is -0.142. The average molecular weight is 291 g/mol. The van der Waals surface area contributed by atoms with Crippen molar-refractivity contribution < 1.29 is 14.3 Å². The third-order valence-corrected chi connectivity index (χ3v) is 4.04. The molecule has 1 aromatic carbocycles. The first kappa shape index (κ1) is 15.8. The van der Waals surface area contributed by atoms with E-state index in [1.54, 1.807) is 6.92 Å². The van der Waals surface area contributed by atoms with Gasteiger partial charge in [-0.05, 0) is 37.0 Å². The smallest absolute Gasteiger partial charge is 0.263 e. The Morgan fingerprint density at radius 1 is 1.24 bits per heavy atom. The molecule has 0 radical (unpaired) electrons. The Kier molecular flexibility index (Phi) is 5.62. The topological polar surface area (TPSA) is 38.8 Å². The zero-order valence-electron chi connectivity index (χ0n) is 13.2. The fourth-order valence-electron chi connectivity index (χ4n) is 2.41. The van der Waals surface area contributed by atoms with Gasteiger partial charge in [0.15, 0.2) is 6.10 Å². The van der Waals surface area contributed by atoms with Gasteiger partial charge in [-0.1, -0.05) is 26.0 Å². The van der Waals surface area contributed by atoms with Gasteiger partial charge in [-0.2, -0.15) is 0 Å². The minimum absolute atomic E-state index is 0.0318. The van der Waals surface area contributed by atoms with Gasteiger partial charge in [0.1, 0.15) is 5.75 Å². The first-order valence-electron chi connectivity index (χ1n) is 7.75. The first-order chi connectivity index (χ1) is 10.1. The predicted molar refractivity (Wildman–Crippen MR) is 82.6 cm³/mol. The van der Waals surface area contributed by atoms with Crippen LogP contribution in [0.5, 0.6) is 5.75 Å². The van der Waals surface area contributed by atoms with E-state index in [1.165, 1.54) is 5.56 Å². The molecule has 1 fully saturated rings. The molecule has 0 aliphatic carbocycles. The number of carbonyl (C=O) groups excluding carboxylic acids is 1. The number of benzene rings is 1. The maximum atomic E-state index is 12.3. The number of hydrogen-bond acceptors (Lipinski definition) is 3. The zero-order chi connectivity index (χ0) is 15.2. The van der Waals surface area contributed by atoms with E-state index in [1.807, 2.05) is 17.0 Å². The van der Waals surface area contributed by atoms with Crippen molar-refractivity contribution in [3.63, 3.8) is 0 Å². The van der Waals surface area contributed by atoms with Crippen molar-refractivity contribution >= 4 is 5.91 Å². The summed E-state index contributed by atoms with van der Waals surface area (Å²) in [4.78, 5) is 14.1. The van der Waals surface area contributed by atoms with Crippen LogP contribution in [0.2, 0.25) is 0 Å². The molecule has 1 saturated heterocycles. The van der Waals surface area contributed by atoms with Crippen molar-refractivity contribution in [2.75, 3.05) is 26.3 Å². The molecular formula is C17H25NO3. The van der Waals surface area contributed by atoms with E-state index in [4.69, 9.17) is 9.47 Å². The van der Waals surface area contributed by atoms with Crippen LogP contribution in [-0.2, 0) is 9.53 Å². The number of hydrogen-bond donors (Lipinski definition) is 0. The molecular weight excluding hydrogens is 266 g/mol. The molecule has 2 unspecified atom stereocenters. The minimum atomic E-state index is -0.461. The molecule has 0 N–H and O–H groups in total. The first-order valence-corrected chi connectivity index (χ1v) is 7.75. The second-order valence-electron chi connectivity index (χ2n) is 5.58. The normalized spacial score (nSPS) is 18.1. The summed E-state index contributed by atoms with van der Waals surface area (Å²) >= 11 is 0. The summed E-state index contributed by atoms with van der Waals surface area (Å²) in [7, 11) is 0. The highest BCUT2D eigenvalue weighted by Crippen LogP contribution is 2.22. The Bertz CT molecular complexity index is 452. The van der Waals surface area contributed by atoms with Gasteiger partial charge in [0, 0.05) is 13.1 Å². The van der Waals surface area contributed by atoms with Crippen molar-refractivity contribution in [1.29, 1.82) is 0 Å². The standard InChI is InChI=1S/C17H25NO3/c1-4-13(2)15-5-7-16(8-6-15)21-14(3)17(19)18-9-11-20-12-10-18/h5-8,13-14H,4,9-12H2,1-3H3. The molecule has 2 atom stereocenters. The van der Waals surface area contributed by atoms with E-state index < -0.39 is 6.10 Å². The Morgan fingerprint density at radius 2 is 1.86 bits per heavy atom. The molecule has 4 heteroatoms. The SMILES string of the molecule is CCC(C)c1ccc(OC(C)C(=O)N2CCOCC2)cc1. The third-order valence-electron chi connectivity index (χ3n) is 4.04. The Labute approximate surface area is 127 Å². The molecule has 4 nitrogen and oxygen atoms in total. The van der Waals surface area contributed by atoms with Gasteiger partial charge in [0.25, 0.3) is 5.91 Å². The molecule has 2 rings (SSSR count). The molecule has 1 aliphatic heterocycles. The summed E-state index contributed by atoms with van der Waals surface area (Å²) in [5.41, 5.74) is 1.30. The highest BCUT2D eigenvalue weighted by atomic mass is 16.5. The zero-order valence-corrected chi connectivity index (χ0v) is 13.2. The number of ether oxygens (including phenoxy) is 2. The largest absolute Gasteiger partial charge is 0.481 e. The fourth-order valence-corrected chi connectivity index (χ4v) is 2.41. The van der Waals surface area contributed by atoms with Crippen LogP contribution in [0.4, 0.5) is 0 Å². The van der Waals surface area contributed by atoms with Gasteiger partial charge in [0.2, 0.25) is 0 Å². The van der Waals surface area contributed by atoms with Crippen molar-refractivity contribution in [1.82, 2.24) is 4.90 Å². The lowest BCUT2D eigenvalue weighted by atomic mass is 9.99. The molecule has 1 heterocycles. The van der Waals surface area contributed by atoms with Crippen molar-refractivity contribution in [3.8, 4) is 5.75 Å². The maximum Gasteiger partial charge on any atom is 0.263 e. The maximum absolute atomic E-state index is 12.3. The number of morpholine rings is 1. The predicted octanol–water partition coefficient (Wildman–Crippen LogP) is 2.83. The van der Waals surface area contributed by atoms with Crippen molar-refractivity contribution in [2.24, 2.45) is 0 Å². The number of nitrogens with zero attached hydrogens (tertiary/aromatic N) is 1. The Morgan fingerprint density at radius 3 is 2.43 bits per heavy atom. The molecule has 0 saturated carbocycles. The number of rotatable bonds is 5. The molecule has 0 bridgehead atoms. The molecule has 1 amide bonds. The quantitative estimate of drug-likeness (QED) is 0.837. The monoisotopic (exact) mass is 291 g/mol. The van der Waals surface area contributed by atoms with Gasteiger partial charge in [-0.25, -0.2) is 0 Å². The lowest BCUT2D eigenvalue weighted by Gasteiger charge is -2.29. The number of carbonyl (C=O) groups is 1. The highest BCUT2D eigenvalue weighted by molar-refractivity contribution is 5.81. The summed E-state index contributed by atoms with van der Waals surface area (Å²) in [5.74, 6) is 1.33. The molecule has 1 aliphatic rings. The van der Waals surface area contributed by atoms with Crippen LogP contribution in [0.15, 0.2) is 24.3 Å². The van der Waals surface area contributed by atoms with Crippen LogP contribution in [0.3, 0.4) is 0 Å². The van der Waals surface area contributed by atoms with Crippen LogP contribution in [0.25, 0.3) is 0 Å². The Hall–Kier alpha value is -1.55. The molecule has 21 heavy (non-hydrogen) atoms. The van der Waals surface area contributed by atoms with Crippen molar-refractivity contribution in [3.05, 3.63) is 29.8 Å². The van der Waals surface area contributed by atoms with Crippen molar-refractivity contribution in [2.45, 2.75) is 39.2 Å². The molecule has 0 spiro atoms. The molecule has 0 aromatic heterocycles. The second kappa shape index (κ2) is 7.46. The lowest BCUT2D eigenvalue weighted by Crippen LogP contribution is -2.46. The van der Waals surface area contributed by atoms with Crippen LogP contribution in [0.1, 0.15) is 38.7 Å². The van der Waals surface area contributed by atoms with E-state index in [9.17, 15) is 4.79 Å². The van der Waals surface area contributed by atoms with E-state index in [0.717, 1.165) is 12.2 Å². The number of amides is 1. The summed E-state index contributed by atoms with van der Waals surface area (Å²) < 4.78 is 11.0. The van der Waals surface area contributed by atoms with Gasteiger partial charge >= 0.3 is 0 Å². The summed E-state index contributed by atoms with van der Waals surface area (Å²) in [6.07, 6.45) is 0.657. The summed E-state index contributed by atoms with van der Waals surface area (Å²) in [6.45, 7) is 8.72. The van der Waals surface area contributed by atoms with Crippen LogP contribution in [0, 0.1) is 0 Å². The van der Waals surface area contributed by atoms with E-state index >= 15 is 0 Å². The van der Waals surface area contributed by atoms with Crippen LogP contribution >= 0.6 is 0 Å². The average Bonchev–Trinajstić information content (AvgIpc) is 2.55. The minimum Gasteiger partial charge on any atom is -0.481 e. The third kappa shape index (κ3) is 4.21. The van der Waals surface area contributed by atoms with Gasteiger partial charge in [0.05, 0.1) is 13.2 Å². The fraction of sp³-hybridized carbons (Fsp3) is 0.588. The van der Waals surface area contributed by atoms with Gasteiger partial charge in [-0.15, -0.1) is 0 Å². The second-order valence-corrected chi connectivity index (χ2v) is 5.58. The van der Waals surface area contributed by atoms with E-state index in [0.29, 0.717) is 32.2 Å². The molecule has 116 valence electrons. The van der Waals surface area contributed by atoms with E-state index in [-0.39, 0.29) is 5.91 Å². The molecule has 1 aromatic rings. The summed E-state index contributed by atoms with van der Waals surface area (Å²) in [6, 6.07) is 8.06. The highest BCUT2D eigenvalue weighted by Gasteiger charge is 2.23.